The Hall–Kier alpha value is -0.903. The first-order valence-corrected chi connectivity index (χ1v) is 8.45. The van der Waals surface area contributed by atoms with Gasteiger partial charge in [-0.2, -0.15) is 0 Å². The van der Waals surface area contributed by atoms with Crippen molar-refractivity contribution in [2.24, 2.45) is 0 Å². The van der Waals surface area contributed by atoms with Crippen molar-refractivity contribution in [2.75, 3.05) is 13.2 Å². The Morgan fingerprint density at radius 2 is 1.81 bits per heavy atom. The van der Waals surface area contributed by atoms with E-state index < -0.39 is 8.56 Å². The standard InChI is InChI=1S/C13H20O2Si/c1-4-14-16(2,3)15-12-8-11-13-9-6-5-7-10-13/h5-11H,4,12H2,1-3H3/b11-8+. The zero-order chi connectivity index (χ0) is 11.9. The van der Waals surface area contributed by atoms with Crippen LogP contribution in [0.2, 0.25) is 13.1 Å². The van der Waals surface area contributed by atoms with E-state index in [2.05, 4.69) is 31.3 Å². The molecule has 0 aliphatic rings. The second-order valence-electron chi connectivity index (χ2n) is 3.96. The Balaban J connectivity index is 2.33. The fourth-order valence-electron chi connectivity index (χ4n) is 1.39. The molecule has 0 unspecified atom stereocenters. The molecule has 0 fully saturated rings. The zero-order valence-electron chi connectivity index (χ0n) is 10.3. The van der Waals surface area contributed by atoms with Gasteiger partial charge in [-0.05, 0) is 25.6 Å². The van der Waals surface area contributed by atoms with Gasteiger partial charge in [-0.25, -0.2) is 0 Å². The van der Waals surface area contributed by atoms with E-state index in [1.54, 1.807) is 0 Å². The molecule has 0 aliphatic heterocycles. The van der Waals surface area contributed by atoms with Crippen molar-refractivity contribution >= 4 is 14.6 Å². The lowest BCUT2D eigenvalue weighted by Crippen LogP contribution is -2.34. The van der Waals surface area contributed by atoms with Crippen molar-refractivity contribution in [3.8, 4) is 0 Å². The summed E-state index contributed by atoms with van der Waals surface area (Å²) in [6, 6.07) is 10.2. The maximum absolute atomic E-state index is 5.72. The fourth-order valence-corrected chi connectivity index (χ4v) is 2.66. The lowest BCUT2D eigenvalue weighted by atomic mass is 10.2. The van der Waals surface area contributed by atoms with Crippen molar-refractivity contribution in [1.82, 2.24) is 0 Å². The van der Waals surface area contributed by atoms with Crippen molar-refractivity contribution in [2.45, 2.75) is 20.0 Å². The third kappa shape index (κ3) is 5.26. The smallest absolute Gasteiger partial charge is 0.331 e. The molecule has 0 atom stereocenters. The number of hydrogen-bond donors (Lipinski definition) is 0. The molecule has 3 heteroatoms. The van der Waals surface area contributed by atoms with Crippen molar-refractivity contribution in [3.05, 3.63) is 42.0 Å². The summed E-state index contributed by atoms with van der Waals surface area (Å²) in [5.41, 5.74) is 1.20. The van der Waals surface area contributed by atoms with E-state index in [1.165, 1.54) is 5.56 Å². The first-order chi connectivity index (χ1) is 7.64. The molecule has 0 aliphatic carbocycles. The van der Waals surface area contributed by atoms with Crippen LogP contribution in [0.5, 0.6) is 0 Å². The zero-order valence-corrected chi connectivity index (χ0v) is 11.3. The monoisotopic (exact) mass is 236 g/mol. The van der Waals surface area contributed by atoms with Gasteiger partial charge >= 0.3 is 8.56 Å². The quantitative estimate of drug-likeness (QED) is 0.704. The van der Waals surface area contributed by atoms with Crippen LogP contribution in [0.15, 0.2) is 36.4 Å². The Morgan fingerprint density at radius 3 is 2.44 bits per heavy atom. The Labute approximate surface area is 99.2 Å². The van der Waals surface area contributed by atoms with Gasteiger partial charge in [0.15, 0.2) is 0 Å². The van der Waals surface area contributed by atoms with Gasteiger partial charge in [0.05, 0.1) is 6.61 Å². The molecule has 0 bridgehead atoms. The van der Waals surface area contributed by atoms with Gasteiger partial charge in [0.2, 0.25) is 0 Å². The number of hydrogen-bond acceptors (Lipinski definition) is 2. The average molecular weight is 236 g/mol. The van der Waals surface area contributed by atoms with Gasteiger partial charge in [-0.15, -0.1) is 0 Å². The molecule has 0 aromatic heterocycles. The van der Waals surface area contributed by atoms with Crippen molar-refractivity contribution in [1.29, 1.82) is 0 Å². The molecular weight excluding hydrogens is 216 g/mol. The second kappa shape index (κ2) is 6.63. The van der Waals surface area contributed by atoms with Crippen molar-refractivity contribution < 1.29 is 8.85 Å². The summed E-state index contributed by atoms with van der Waals surface area (Å²) >= 11 is 0. The Bertz CT molecular complexity index is 320. The molecule has 16 heavy (non-hydrogen) atoms. The third-order valence-corrected chi connectivity index (χ3v) is 3.97. The highest BCUT2D eigenvalue weighted by Crippen LogP contribution is 2.07. The summed E-state index contributed by atoms with van der Waals surface area (Å²) in [6.07, 6.45) is 4.10. The molecule has 1 aromatic carbocycles. The summed E-state index contributed by atoms with van der Waals surface area (Å²) in [5.74, 6) is 0. The lowest BCUT2D eigenvalue weighted by molar-refractivity contribution is 0.204. The normalized spacial score (nSPS) is 12.2. The van der Waals surface area contributed by atoms with Crippen LogP contribution in [0.4, 0.5) is 0 Å². The number of rotatable bonds is 6. The van der Waals surface area contributed by atoms with Gasteiger partial charge in [-0.1, -0.05) is 42.5 Å². The number of benzene rings is 1. The highest BCUT2D eigenvalue weighted by molar-refractivity contribution is 6.64. The molecule has 0 heterocycles. The van der Waals surface area contributed by atoms with Crippen LogP contribution in [0.25, 0.3) is 6.08 Å². The second-order valence-corrected chi connectivity index (χ2v) is 7.33. The van der Waals surface area contributed by atoms with E-state index in [0.717, 1.165) is 6.61 Å². The Kier molecular flexibility index (Phi) is 5.45. The maximum Gasteiger partial charge on any atom is 0.331 e. The van der Waals surface area contributed by atoms with E-state index in [1.807, 2.05) is 31.2 Å². The fraction of sp³-hybridized carbons (Fsp3) is 0.385. The van der Waals surface area contributed by atoms with Gasteiger partial charge in [0, 0.05) is 6.61 Å². The lowest BCUT2D eigenvalue weighted by Gasteiger charge is -2.20. The molecule has 0 spiro atoms. The summed E-state index contributed by atoms with van der Waals surface area (Å²) in [5, 5.41) is 0. The van der Waals surface area contributed by atoms with Crippen LogP contribution >= 0.6 is 0 Å². The largest absolute Gasteiger partial charge is 0.395 e. The van der Waals surface area contributed by atoms with E-state index >= 15 is 0 Å². The molecule has 0 saturated carbocycles. The van der Waals surface area contributed by atoms with Gasteiger partial charge < -0.3 is 8.85 Å². The predicted octanol–water partition coefficient (Wildman–Crippen LogP) is 3.45. The van der Waals surface area contributed by atoms with E-state index in [0.29, 0.717) is 6.61 Å². The summed E-state index contributed by atoms with van der Waals surface area (Å²) in [4.78, 5) is 0. The predicted molar refractivity (Wildman–Crippen MR) is 70.5 cm³/mol. The first-order valence-electron chi connectivity index (χ1n) is 5.63. The average Bonchev–Trinajstić information content (AvgIpc) is 2.26. The molecule has 1 rings (SSSR count). The molecule has 1 aromatic rings. The third-order valence-electron chi connectivity index (χ3n) is 2.13. The highest BCUT2D eigenvalue weighted by Gasteiger charge is 2.22. The van der Waals surface area contributed by atoms with Crippen molar-refractivity contribution in [3.63, 3.8) is 0 Å². The molecule has 88 valence electrons. The van der Waals surface area contributed by atoms with Gasteiger partial charge in [0.1, 0.15) is 0 Å². The van der Waals surface area contributed by atoms with Gasteiger partial charge in [0.25, 0.3) is 0 Å². The van der Waals surface area contributed by atoms with E-state index in [9.17, 15) is 0 Å². The first kappa shape index (κ1) is 13.2. The minimum Gasteiger partial charge on any atom is -0.395 e. The summed E-state index contributed by atoms with van der Waals surface area (Å²) in [7, 11) is -1.89. The van der Waals surface area contributed by atoms with Gasteiger partial charge in [-0.3, -0.25) is 0 Å². The minimum atomic E-state index is -1.89. The summed E-state index contributed by atoms with van der Waals surface area (Å²) in [6.45, 7) is 7.47. The van der Waals surface area contributed by atoms with Crippen LogP contribution in [-0.2, 0) is 8.85 Å². The van der Waals surface area contributed by atoms with Crippen LogP contribution in [0.1, 0.15) is 12.5 Å². The van der Waals surface area contributed by atoms with Crippen LogP contribution in [-0.4, -0.2) is 21.8 Å². The van der Waals surface area contributed by atoms with Crippen LogP contribution in [0, 0.1) is 0 Å². The molecule has 2 nitrogen and oxygen atoms in total. The minimum absolute atomic E-state index is 0.619. The Morgan fingerprint density at radius 1 is 1.12 bits per heavy atom. The van der Waals surface area contributed by atoms with Crippen LogP contribution < -0.4 is 0 Å². The highest BCUT2D eigenvalue weighted by atomic mass is 28.4. The summed E-state index contributed by atoms with van der Waals surface area (Å²) < 4.78 is 11.3. The van der Waals surface area contributed by atoms with E-state index in [-0.39, 0.29) is 0 Å². The van der Waals surface area contributed by atoms with E-state index in [4.69, 9.17) is 8.85 Å². The topological polar surface area (TPSA) is 18.5 Å². The van der Waals surface area contributed by atoms with Crippen LogP contribution in [0.3, 0.4) is 0 Å². The molecule has 0 radical (unpaired) electrons. The molecule has 0 saturated heterocycles. The SMILES string of the molecule is CCO[Si](C)(C)OC/C=C/c1ccccc1. The maximum atomic E-state index is 5.72. The molecular formula is C13H20O2Si. The molecule has 0 amide bonds. The molecule has 0 N–H and O–H groups in total.